The molecule has 0 atom stereocenters. The van der Waals surface area contributed by atoms with Crippen molar-refractivity contribution >= 4 is 40.5 Å². The first kappa shape index (κ1) is 26.4. The molecule has 0 fully saturated rings. The summed E-state index contributed by atoms with van der Waals surface area (Å²) in [7, 11) is 0. The molecular weight excluding hydrogens is 498 g/mol. The summed E-state index contributed by atoms with van der Waals surface area (Å²) in [6, 6.07) is 30.7. The Hall–Kier alpha value is -4.69. The van der Waals surface area contributed by atoms with E-state index in [1.54, 1.807) is 48.5 Å². The van der Waals surface area contributed by atoms with Crippen LogP contribution in [-0.4, -0.2) is 30.1 Å². The fourth-order valence-electron chi connectivity index (χ4n) is 3.54. The van der Waals surface area contributed by atoms with Crippen molar-refractivity contribution in [2.24, 2.45) is 0 Å². The lowest BCUT2D eigenvalue weighted by Crippen LogP contribution is -2.34. The Morgan fingerprint density at radius 2 is 1.29 bits per heavy atom. The van der Waals surface area contributed by atoms with Crippen molar-refractivity contribution < 1.29 is 19.1 Å². The van der Waals surface area contributed by atoms with Gasteiger partial charge in [0.25, 0.3) is 11.8 Å². The van der Waals surface area contributed by atoms with Crippen molar-refractivity contribution in [3.8, 4) is 11.5 Å². The number of thiocarbonyl (C=S) groups is 1. The predicted octanol–water partition coefficient (Wildman–Crippen LogP) is 5.83. The molecule has 0 unspecified atom stereocenters. The monoisotopic (exact) mass is 525 g/mol. The number of benzene rings is 4. The molecule has 0 saturated heterocycles. The van der Waals surface area contributed by atoms with Gasteiger partial charge in [-0.15, -0.1) is 0 Å². The van der Waals surface area contributed by atoms with Crippen molar-refractivity contribution in [3.05, 3.63) is 120 Å². The maximum atomic E-state index is 12.6. The number of ether oxygens (including phenoxy) is 2. The van der Waals surface area contributed by atoms with Crippen LogP contribution >= 0.6 is 12.2 Å². The smallest absolute Gasteiger partial charge is 0.257 e. The molecule has 2 amide bonds. The number of hydrogen-bond acceptors (Lipinski definition) is 5. The van der Waals surface area contributed by atoms with Gasteiger partial charge in [-0.05, 0) is 91.4 Å². The van der Waals surface area contributed by atoms with E-state index in [9.17, 15) is 9.59 Å². The molecule has 0 aromatic heterocycles. The Labute approximate surface area is 226 Å². The summed E-state index contributed by atoms with van der Waals surface area (Å²) in [5.41, 5.74) is 3.22. The Balaban J connectivity index is 1.24. The Morgan fingerprint density at radius 1 is 0.658 bits per heavy atom. The van der Waals surface area contributed by atoms with Crippen molar-refractivity contribution in [2.45, 2.75) is 6.92 Å². The maximum Gasteiger partial charge on any atom is 0.257 e. The van der Waals surface area contributed by atoms with Crippen LogP contribution in [0.5, 0.6) is 11.5 Å². The highest BCUT2D eigenvalue weighted by Gasteiger charge is 2.11. The second-order valence-corrected chi connectivity index (χ2v) is 8.76. The van der Waals surface area contributed by atoms with E-state index in [1.165, 1.54) is 0 Å². The molecule has 0 saturated carbocycles. The van der Waals surface area contributed by atoms with E-state index < -0.39 is 0 Å². The fourth-order valence-corrected chi connectivity index (χ4v) is 3.75. The summed E-state index contributed by atoms with van der Waals surface area (Å²) in [4.78, 5) is 25.3. The fraction of sp³-hybridized carbons (Fsp3) is 0.100. The second kappa shape index (κ2) is 13.0. The highest BCUT2D eigenvalue weighted by atomic mass is 32.1. The molecule has 8 heteroatoms. The van der Waals surface area contributed by atoms with E-state index in [-0.39, 0.29) is 16.9 Å². The molecule has 0 aliphatic heterocycles. The van der Waals surface area contributed by atoms with Crippen molar-refractivity contribution in [1.82, 2.24) is 5.32 Å². The molecular formula is C30H27N3O4S. The van der Waals surface area contributed by atoms with E-state index in [0.717, 1.165) is 11.3 Å². The van der Waals surface area contributed by atoms with Gasteiger partial charge < -0.3 is 20.1 Å². The minimum absolute atomic E-state index is 0.115. The first-order valence-electron chi connectivity index (χ1n) is 12.0. The Morgan fingerprint density at radius 3 is 1.97 bits per heavy atom. The van der Waals surface area contributed by atoms with Gasteiger partial charge in [0.15, 0.2) is 5.11 Å². The zero-order valence-corrected chi connectivity index (χ0v) is 21.6. The van der Waals surface area contributed by atoms with E-state index in [1.807, 2.05) is 61.5 Å². The van der Waals surface area contributed by atoms with Gasteiger partial charge in [-0.1, -0.05) is 36.4 Å². The third kappa shape index (κ3) is 7.91. The van der Waals surface area contributed by atoms with Gasteiger partial charge >= 0.3 is 0 Å². The number of carbonyl (C=O) groups excluding carboxylic acids is 2. The van der Waals surface area contributed by atoms with Gasteiger partial charge in [-0.2, -0.15) is 0 Å². The minimum Gasteiger partial charge on any atom is -0.490 e. The maximum absolute atomic E-state index is 12.6. The van der Waals surface area contributed by atoms with E-state index >= 15 is 0 Å². The van der Waals surface area contributed by atoms with E-state index in [0.29, 0.717) is 41.5 Å². The molecule has 7 nitrogen and oxygen atoms in total. The molecule has 0 spiro atoms. The summed E-state index contributed by atoms with van der Waals surface area (Å²) in [5.74, 6) is 0.794. The third-order valence-corrected chi connectivity index (χ3v) is 5.57. The summed E-state index contributed by atoms with van der Waals surface area (Å²) in [6.07, 6.45) is 0. The van der Waals surface area contributed by atoms with Crippen LogP contribution in [0.4, 0.5) is 11.4 Å². The summed E-state index contributed by atoms with van der Waals surface area (Å²) in [5, 5.41) is 8.59. The molecule has 192 valence electrons. The average Bonchev–Trinajstić information content (AvgIpc) is 2.92. The van der Waals surface area contributed by atoms with Crippen LogP contribution in [-0.2, 0) is 0 Å². The van der Waals surface area contributed by atoms with Gasteiger partial charge in [0.2, 0.25) is 0 Å². The van der Waals surface area contributed by atoms with Gasteiger partial charge in [-0.3, -0.25) is 14.9 Å². The third-order valence-electron chi connectivity index (χ3n) is 5.37. The second-order valence-electron chi connectivity index (χ2n) is 8.35. The van der Waals surface area contributed by atoms with E-state index in [2.05, 4.69) is 16.0 Å². The lowest BCUT2D eigenvalue weighted by atomic mass is 10.1. The number of amides is 2. The predicted molar refractivity (Wildman–Crippen MR) is 153 cm³/mol. The highest BCUT2D eigenvalue weighted by molar-refractivity contribution is 7.80. The van der Waals surface area contributed by atoms with Gasteiger partial charge in [0.05, 0.1) is 0 Å². The first-order chi connectivity index (χ1) is 18.5. The standard InChI is InChI=1S/C30H27N3O4S/c1-21-7-5-9-24(19-21)31-29(35)23-8-6-10-25(20-23)32-30(38)33-28(34)22-13-15-27(16-14-22)37-18-17-36-26-11-3-2-4-12-26/h2-16,19-20H,17-18H2,1H3,(H,31,35)(H2,32,33,34,38). The van der Waals surface area contributed by atoms with Crippen LogP contribution in [0.25, 0.3) is 0 Å². The zero-order chi connectivity index (χ0) is 26.7. The van der Waals surface area contributed by atoms with Crippen LogP contribution in [0.3, 0.4) is 0 Å². The van der Waals surface area contributed by atoms with Crippen LogP contribution in [0.2, 0.25) is 0 Å². The van der Waals surface area contributed by atoms with Crippen molar-refractivity contribution in [2.75, 3.05) is 23.8 Å². The minimum atomic E-state index is -0.366. The molecule has 0 aliphatic carbocycles. The quantitative estimate of drug-likeness (QED) is 0.188. The SMILES string of the molecule is Cc1cccc(NC(=O)c2cccc(NC(=S)NC(=O)c3ccc(OCCOc4ccccc4)cc3)c2)c1. The topological polar surface area (TPSA) is 88.7 Å². The molecule has 3 N–H and O–H groups in total. The van der Waals surface area contributed by atoms with Crippen LogP contribution < -0.4 is 25.4 Å². The number of hydrogen-bond donors (Lipinski definition) is 3. The number of rotatable bonds is 9. The number of aryl methyl sites for hydroxylation is 1. The van der Waals surface area contributed by atoms with Crippen molar-refractivity contribution in [3.63, 3.8) is 0 Å². The Kier molecular flexibility index (Phi) is 9.04. The number of para-hydroxylation sites is 1. The van der Waals surface area contributed by atoms with Crippen LogP contribution in [0, 0.1) is 6.92 Å². The summed E-state index contributed by atoms with van der Waals surface area (Å²) in [6.45, 7) is 2.73. The van der Waals surface area contributed by atoms with Gasteiger partial charge in [-0.25, -0.2) is 0 Å². The van der Waals surface area contributed by atoms with Crippen molar-refractivity contribution in [1.29, 1.82) is 0 Å². The Bertz CT molecular complexity index is 1410. The molecule has 0 bridgehead atoms. The molecule has 4 aromatic rings. The zero-order valence-electron chi connectivity index (χ0n) is 20.8. The molecule has 4 aromatic carbocycles. The molecule has 0 heterocycles. The normalized spacial score (nSPS) is 10.2. The lowest BCUT2D eigenvalue weighted by molar-refractivity contribution is 0.0976. The van der Waals surface area contributed by atoms with Crippen LogP contribution in [0.15, 0.2) is 103 Å². The molecule has 0 aliphatic rings. The lowest BCUT2D eigenvalue weighted by Gasteiger charge is -2.12. The molecule has 38 heavy (non-hydrogen) atoms. The molecule has 4 rings (SSSR count). The summed E-state index contributed by atoms with van der Waals surface area (Å²) < 4.78 is 11.3. The first-order valence-corrected chi connectivity index (χ1v) is 12.4. The number of anilines is 2. The number of carbonyl (C=O) groups is 2. The number of nitrogens with one attached hydrogen (secondary N) is 3. The summed E-state index contributed by atoms with van der Waals surface area (Å²) >= 11 is 5.30. The molecule has 0 radical (unpaired) electrons. The van der Waals surface area contributed by atoms with Crippen LogP contribution in [0.1, 0.15) is 26.3 Å². The highest BCUT2D eigenvalue weighted by Crippen LogP contribution is 2.16. The van der Waals surface area contributed by atoms with Gasteiger partial charge in [0, 0.05) is 22.5 Å². The van der Waals surface area contributed by atoms with Gasteiger partial charge in [0.1, 0.15) is 24.7 Å². The largest absolute Gasteiger partial charge is 0.490 e. The van der Waals surface area contributed by atoms with E-state index in [4.69, 9.17) is 21.7 Å². The average molecular weight is 526 g/mol.